The zero-order chi connectivity index (χ0) is 41.6. The molecule has 10 nitrogen and oxygen atoms in total. The van der Waals surface area contributed by atoms with Crippen molar-refractivity contribution in [3.8, 4) is 0 Å². The van der Waals surface area contributed by atoms with Gasteiger partial charge in [-0.15, -0.1) is 0 Å². The van der Waals surface area contributed by atoms with Gasteiger partial charge in [0, 0.05) is 12.8 Å². The second kappa shape index (κ2) is 38.1. The quantitative estimate of drug-likeness (QED) is 0.0270. The number of hydrogen-bond donors (Lipinski definition) is 4. The summed E-state index contributed by atoms with van der Waals surface area (Å²) < 4.78 is 22.1. The van der Waals surface area contributed by atoms with Crippen molar-refractivity contribution in [3.63, 3.8) is 0 Å². The molecule has 2 unspecified atom stereocenters. The van der Waals surface area contributed by atoms with E-state index in [9.17, 15) is 30.0 Å². The zero-order valence-electron chi connectivity index (χ0n) is 36.1. The van der Waals surface area contributed by atoms with Crippen molar-refractivity contribution in [2.24, 2.45) is 0 Å². The molecule has 1 aliphatic heterocycles. The second-order valence-corrected chi connectivity index (χ2v) is 15.8. The van der Waals surface area contributed by atoms with Gasteiger partial charge in [0.1, 0.15) is 31.0 Å². The van der Waals surface area contributed by atoms with Crippen LogP contribution in [0.2, 0.25) is 0 Å². The average Bonchev–Trinajstić information content (AvgIpc) is 3.21. The SMILES string of the molecule is CCCCCCCC/C=C/CCCCCCCC(=O)O[C@@H](COC(=O)CCC/C=C/C/C=C/CCCCCCCCCCC)CO[C@H]1O[C@@H](CO)[C@@H](O)C(O)C1O. The highest BCUT2D eigenvalue weighted by Gasteiger charge is 2.44. The number of unbranched alkanes of at least 4 members (excludes halogenated alkanes) is 21. The number of rotatable bonds is 38. The molecule has 1 saturated heterocycles. The van der Waals surface area contributed by atoms with Crippen molar-refractivity contribution in [1.82, 2.24) is 0 Å². The summed E-state index contributed by atoms with van der Waals surface area (Å²) in [6.45, 7) is 3.37. The van der Waals surface area contributed by atoms with E-state index in [-0.39, 0.29) is 26.1 Å². The Kier molecular flexibility index (Phi) is 35.4. The number of carbonyl (C=O) groups is 2. The first-order valence-electron chi connectivity index (χ1n) is 23.1. The van der Waals surface area contributed by atoms with Crippen LogP contribution in [0.15, 0.2) is 36.5 Å². The first-order valence-corrected chi connectivity index (χ1v) is 23.1. The lowest BCUT2D eigenvalue weighted by atomic mass is 9.99. The summed E-state index contributed by atoms with van der Waals surface area (Å²) in [6, 6.07) is 0. The van der Waals surface area contributed by atoms with Crippen molar-refractivity contribution >= 4 is 11.9 Å². The lowest BCUT2D eigenvalue weighted by Gasteiger charge is -2.39. The minimum absolute atomic E-state index is 0.210. The maximum atomic E-state index is 12.8. The average molecular weight is 809 g/mol. The van der Waals surface area contributed by atoms with Crippen molar-refractivity contribution in [2.45, 2.75) is 230 Å². The topological polar surface area (TPSA) is 152 Å². The fourth-order valence-corrected chi connectivity index (χ4v) is 6.81. The lowest BCUT2D eigenvalue weighted by molar-refractivity contribution is -0.305. The zero-order valence-corrected chi connectivity index (χ0v) is 36.1. The molecule has 332 valence electrons. The molecule has 1 heterocycles. The molecular formula is C47H84O10. The van der Waals surface area contributed by atoms with E-state index in [1.54, 1.807) is 0 Å². The maximum Gasteiger partial charge on any atom is 0.306 e. The number of hydrogen-bond acceptors (Lipinski definition) is 10. The Labute approximate surface area is 346 Å². The van der Waals surface area contributed by atoms with Gasteiger partial charge in [-0.2, -0.15) is 0 Å². The van der Waals surface area contributed by atoms with E-state index in [2.05, 4.69) is 50.3 Å². The van der Waals surface area contributed by atoms with Crippen LogP contribution in [-0.4, -0.2) is 89.0 Å². The fraction of sp³-hybridized carbons (Fsp3) is 0.830. The Morgan fingerprint density at radius 2 is 1.00 bits per heavy atom. The highest BCUT2D eigenvalue weighted by molar-refractivity contribution is 5.70. The largest absolute Gasteiger partial charge is 0.462 e. The predicted molar refractivity (Wildman–Crippen MR) is 229 cm³/mol. The highest BCUT2D eigenvalue weighted by atomic mass is 16.7. The minimum atomic E-state index is -1.60. The van der Waals surface area contributed by atoms with E-state index in [4.69, 9.17) is 18.9 Å². The Bertz CT molecular complexity index is 1030. The number of esters is 2. The van der Waals surface area contributed by atoms with E-state index < -0.39 is 55.4 Å². The van der Waals surface area contributed by atoms with Gasteiger partial charge in [0.15, 0.2) is 12.4 Å². The van der Waals surface area contributed by atoms with Gasteiger partial charge < -0.3 is 39.4 Å². The van der Waals surface area contributed by atoms with E-state index in [1.165, 1.54) is 96.3 Å². The van der Waals surface area contributed by atoms with Gasteiger partial charge in [-0.25, -0.2) is 0 Å². The second-order valence-electron chi connectivity index (χ2n) is 15.8. The molecule has 1 fully saturated rings. The van der Waals surface area contributed by atoms with E-state index in [0.717, 1.165) is 57.8 Å². The van der Waals surface area contributed by atoms with Gasteiger partial charge in [0.2, 0.25) is 0 Å². The maximum absolute atomic E-state index is 12.8. The van der Waals surface area contributed by atoms with Crippen molar-refractivity contribution in [3.05, 3.63) is 36.5 Å². The molecule has 57 heavy (non-hydrogen) atoms. The Balaban J connectivity index is 2.36. The Hall–Kier alpha value is -2.08. The predicted octanol–water partition coefficient (Wildman–Crippen LogP) is 9.89. The van der Waals surface area contributed by atoms with Crippen LogP contribution in [0.3, 0.4) is 0 Å². The fourth-order valence-electron chi connectivity index (χ4n) is 6.81. The van der Waals surface area contributed by atoms with Crippen LogP contribution in [0.1, 0.15) is 194 Å². The molecule has 0 saturated carbocycles. The van der Waals surface area contributed by atoms with Gasteiger partial charge in [-0.05, 0) is 64.2 Å². The summed E-state index contributed by atoms with van der Waals surface area (Å²) in [5.41, 5.74) is 0. The third-order valence-electron chi connectivity index (χ3n) is 10.5. The normalized spacial score (nSPS) is 20.6. The molecule has 4 N–H and O–H groups in total. The molecule has 0 aliphatic carbocycles. The molecule has 0 spiro atoms. The summed E-state index contributed by atoms with van der Waals surface area (Å²) in [5.74, 6) is -0.867. The highest BCUT2D eigenvalue weighted by Crippen LogP contribution is 2.22. The van der Waals surface area contributed by atoms with Crippen LogP contribution in [0.4, 0.5) is 0 Å². The molecule has 0 amide bonds. The van der Waals surface area contributed by atoms with Gasteiger partial charge in [-0.3, -0.25) is 9.59 Å². The van der Waals surface area contributed by atoms with Gasteiger partial charge >= 0.3 is 11.9 Å². The summed E-state index contributed by atoms with van der Waals surface area (Å²) in [4.78, 5) is 25.3. The Morgan fingerprint density at radius 1 is 0.544 bits per heavy atom. The molecule has 10 heteroatoms. The summed E-state index contributed by atoms with van der Waals surface area (Å²) in [5, 5.41) is 40.1. The number of allylic oxidation sites excluding steroid dienone is 6. The molecule has 1 aliphatic rings. The number of ether oxygens (including phenoxy) is 4. The molecule has 0 radical (unpaired) electrons. The summed E-state index contributed by atoms with van der Waals surface area (Å²) >= 11 is 0. The molecule has 6 atom stereocenters. The first kappa shape index (κ1) is 52.9. The monoisotopic (exact) mass is 809 g/mol. The number of aliphatic hydroxyl groups excluding tert-OH is 4. The summed E-state index contributed by atoms with van der Waals surface area (Å²) in [7, 11) is 0. The number of carbonyl (C=O) groups excluding carboxylic acids is 2. The van der Waals surface area contributed by atoms with Crippen LogP contribution in [0, 0.1) is 0 Å². The molecular weight excluding hydrogens is 725 g/mol. The third-order valence-corrected chi connectivity index (χ3v) is 10.5. The van der Waals surface area contributed by atoms with Crippen molar-refractivity contribution in [2.75, 3.05) is 19.8 Å². The minimum Gasteiger partial charge on any atom is -0.462 e. The standard InChI is InChI=1S/C47H84O10/c1-3-5-7-9-11-13-15-17-19-20-22-23-25-27-29-31-33-35-42(49)54-38-40(39-55-47-46(53)45(52)44(51)41(37-48)57-47)56-43(50)36-34-32-30-28-26-24-21-18-16-14-12-10-8-6-4-2/h18,21-23,27,29,40-41,44-48,51-53H,3-17,19-20,24-26,28,30-39H2,1-2H3/b21-18+,23-22+,29-27+/t40-,41-,44+,45?,46?,47-/m0/s1. The lowest BCUT2D eigenvalue weighted by Crippen LogP contribution is -2.59. The van der Waals surface area contributed by atoms with Crippen molar-refractivity contribution < 1.29 is 49.0 Å². The molecule has 0 aromatic carbocycles. The van der Waals surface area contributed by atoms with Crippen LogP contribution in [0.25, 0.3) is 0 Å². The third kappa shape index (κ3) is 29.7. The van der Waals surface area contributed by atoms with Crippen LogP contribution >= 0.6 is 0 Å². The molecule has 1 rings (SSSR count). The first-order chi connectivity index (χ1) is 27.8. The molecule has 0 aromatic rings. The van der Waals surface area contributed by atoms with E-state index in [1.807, 2.05) is 0 Å². The van der Waals surface area contributed by atoms with Gasteiger partial charge in [0.25, 0.3) is 0 Å². The van der Waals surface area contributed by atoms with E-state index >= 15 is 0 Å². The Morgan fingerprint density at radius 3 is 1.53 bits per heavy atom. The van der Waals surface area contributed by atoms with Crippen LogP contribution < -0.4 is 0 Å². The van der Waals surface area contributed by atoms with E-state index in [0.29, 0.717) is 12.8 Å². The van der Waals surface area contributed by atoms with Gasteiger partial charge in [-0.1, -0.05) is 153 Å². The van der Waals surface area contributed by atoms with Crippen LogP contribution in [0.5, 0.6) is 0 Å². The van der Waals surface area contributed by atoms with Crippen LogP contribution in [-0.2, 0) is 28.5 Å². The smallest absolute Gasteiger partial charge is 0.306 e. The molecule has 0 bridgehead atoms. The summed E-state index contributed by atoms with van der Waals surface area (Å²) in [6.07, 6.45) is 35.9. The van der Waals surface area contributed by atoms with Gasteiger partial charge in [0.05, 0.1) is 13.2 Å². The number of aliphatic hydroxyl groups is 4. The van der Waals surface area contributed by atoms with Crippen molar-refractivity contribution in [1.29, 1.82) is 0 Å². The molecule has 0 aromatic heterocycles.